The van der Waals surface area contributed by atoms with E-state index in [2.05, 4.69) is 46.5 Å². The molecule has 2 rings (SSSR count). The summed E-state index contributed by atoms with van der Waals surface area (Å²) >= 11 is 0. The Balaban J connectivity index is 2.25. The lowest BCUT2D eigenvalue weighted by Crippen LogP contribution is -2.26. The maximum absolute atomic E-state index is 4.36. The molecule has 1 aromatic carbocycles. The molecular formula is C13H17N3. The van der Waals surface area contributed by atoms with Crippen molar-refractivity contribution in [1.82, 2.24) is 10.3 Å². The monoisotopic (exact) mass is 215 g/mol. The summed E-state index contributed by atoms with van der Waals surface area (Å²) in [7, 11) is 4.07. The Bertz CT molecular complexity index is 467. The molecule has 84 valence electrons. The summed E-state index contributed by atoms with van der Waals surface area (Å²) in [5, 5.41) is 4.34. The zero-order valence-electron chi connectivity index (χ0n) is 9.77. The Morgan fingerprint density at radius 3 is 3.00 bits per heavy atom. The molecule has 0 saturated heterocycles. The van der Waals surface area contributed by atoms with Gasteiger partial charge in [-0.3, -0.25) is 4.98 Å². The Kier molecular flexibility index (Phi) is 3.37. The van der Waals surface area contributed by atoms with Crippen molar-refractivity contribution in [2.24, 2.45) is 0 Å². The van der Waals surface area contributed by atoms with E-state index in [4.69, 9.17) is 0 Å². The maximum atomic E-state index is 4.36. The number of hydrogen-bond donors (Lipinski definition) is 1. The van der Waals surface area contributed by atoms with Gasteiger partial charge in [0.15, 0.2) is 0 Å². The first-order valence-electron chi connectivity index (χ1n) is 5.52. The predicted octanol–water partition coefficient (Wildman–Crippen LogP) is 1.89. The first kappa shape index (κ1) is 10.9. The molecule has 0 bridgehead atoms. The minimum absolute atomic E-state index is 0.983. The lowest BCUT2D eigenvalue weighted by molar-refractivity contribution is 0.768. The molecule has 1 heterocycles. The van der Waals surface area contributed by atoms with Gasteiger partial charge in [-0.25, -0.2) is 0 Å². The molecule has 1 N–H and O–H groups in total. The molecule has 0 aliphatic rings. The maximum Gasteiger partial charge on any atom is 0.0722 e. The fourth-order valence-electron chi connectivity index (χ4n) is 1.70. The highest BCUT2D eigenvalue weighted by atomic mass is 15.1. The van der Waals surface area contributed by atoms with Gasteiger partial charge in [0.2, 0.25) is 0 Å². The van der Waals surface area contributed by atoms with E-state index in [0.717, 1.165) is 18.6 Å². The van der Waals surface area contributed by atoms with E-state index in [0.29, 0.717) is 0 Å². The minimum Gasteiger partial charge on any atom is -0.373 e. The second-order valence-electron chi connectivity index (χ2n) is 3.91. The van der Waals surface area contributed by atoms with Gasteiger partial charge >= 0.3 is 0 Å². The number of hydrogen-bond acceptors (Lipinski definition) is 3. The van der Waals surface area contributed by atoms with Crippen molar-refractivity contribution in [2.45, 2.75) is 0 Å². The molecule has 0 amide bonds. The van der Waals surface area contributed by atoms with Crippen LogP contribution in [0.3, 0.4) is 0 Å². The highest BCUT2D eigenvalue weighted by molar-refractivity contribution is 5.82. The molecule has 0 aliphatic carbocycles. The van der Waals surface area contributed by atoms with Crippen molar-refractivity contribution in [3.05, 3.63) is 36.5 Å². The number of anilines is 1. The second kappa shape index (κ2) is 4.94. The van der Waals surface area contributed by atoms with Gasteiger partial charge in [-0.05, 0) is 25.2 Å². The molecule has 0 saturated carbocycles. The standard InChI is InChI=1S/C13H17N3/c1-14-8-9-16(2)12-6-5-11-4-3-7-15-13(11)10-12/h3-7,10,14H,8-9H2,1-2H3. The van der Waals surface area contributed by atoms with Crippen LogP contribution in [0.5, 0.6) is 0 Å². The number of nitrogens with zero attached hydrogens (tertiary/aromatic N) is 2. The molecule has 0 aliphatic heterocycles. The third kappa shape index (κ3) is 2.31. The number of benzene rings is 1. The number of fused-ring (bicyclic) bond motifs is 1. The van der Waals surface area contributed by atoms with Crippen molar-refractivity contribution >= 4 is 16.6 Å². The second-order valence-corrected chi connectivity index (χ2v) is 3.91. The smallest absolute Gasteiger partial charge is 0.0722 e. The average molecular weight is 215 g/mol. The molecule has 2 aromatic rings. The summed E-state index contributed by atoms with van der Waals surface area (Å²) in [6, 6.07) is 10.4. The molecule has 0 unspecified atom stereocenters. The van der Waals surface area contributed by atoms with Crippen molar-refractivity contribution in [3.63, 3.8) is 0 Å². The number of nitrogens with one attached hydrogen (secondary N) is 1. The van der Waals surface area contributed by atoms with Gasteiger partial charge in [0.05, 0.1) is 5.52 Å². The Labute approximate surface area is 96.1 Å². The van der Waals surface area contributed by atoms with Gasteiger partial charge in [-0.2, -0.15) is 0 Å². The molecule has 3 nitrogen and oxygen atoms in total. The fraction of sp³-hybridized carbons (Fsp3) is 0.308. The highest BCUT2D eigenvalue weighted by Gasteiger charge is 2.01. The molecule has 0 atom stereocenters. The van der Waals surface area contributed by atoms with Crippen LogP contribution < -0.4 is 10.2 Å². The summed E-state index contributed by atoms with van der Waals surface area (Å²) in [5.41, 5.74) is 2.26. The van der Waals surface area contributed by atoms with Crippen LogP contribution in [0.4, 0.5) is 5.69 Å². The molecule has 3 heteroatoms. The summed E-state index contributed by atoms with van der Waals surface area (Å²) in [5.74, 6) is 0. The highest BCUT2D eigenvalue weighted by Crippen LogP contribution is 2.19. The molecule has 0 fully saturated rings. The SMILES string of the molecule is CNCCN(C)c1ccc2cccnc2c1. The predicted molar refractivity (Wildman–Crippen MR) is 68.9 cm³/mol. The number of pyridine rings is 1. The Morgan fingerprint density at radius 1 is 1.31 bits per heavy atom. The topological polar surface area (TPSA) is 28.2 Å². The van der Waals surface area contributed by atoms with Crippen molar-refractivity contribution in [1.29, 1.82) is 0 Å². The Morgan fingerprint density at radius 2 is 2.19 bits per heavy atom. The summed E-state index contributed by atoms with van der Waals surface area (Å²) in [6.07, 6.45) is 1.83. The molecular weight excluding hydrogens is 198 g/mol. The fourth-order valence-corrected chi connectivity index (χ4v) is 1.70. The van der Waals surface area contributed by atoms with E-state index in [1.165, 1.54) is 11.1 Å². The third-order valence-corrected chi connectivity index (χ3v) is 2.73. The van der Waals surface area contributed by atoms with E-state index in [1.54, 1.807) is 0 Å². The van der Waals surface area contributed by atoms with E-state index >= 15 is 0 Å². The van der Waals surface area contributed by atoms with E-state index in [1.807, 2.05) is 19.3 Å². The zero-order valence-corrected chi connectivity index (χ0v) is 9.77. The Hall–Kier alpha value is -1.61. The van der Waals surface area contributed by atoms with Crippen molar-refractivity contribution in [2.75, 3.05) is 32.1 Å². The van der Waals surface area contributed by atoms with Crippen LogP contribution in [-0.2, 0) is 0 Å². The first-order chi connectivity index (χ1) is 7.81. The van der Waals surface area contributed by atoms with Crippen LogP contribution in [0.1, 0.15) is 0 Å². The van der Waals surface area contributed by atoms with Gasteiger partial charge in [0.1, 0.15) is 0 Å². The number of rotatable bonds is 4. The van der Waals surface area contributed by atoms with Crippen LogP contribution >= 0.6 is 0 Å². The van der Waals surface area contributed by atoms with Gasteiger partial charge < -0.3 is 10.2 Å². The van der Waals surface area contributed by atoms with Gasteiger partial charge in [-0.15, -0.1) is 0 Å². The van der Waals surface area contributed by atoms with Crippen LogP contribution in [0, 0.1) is 0 Å². The summed E-state index contributed by atoms with van der Waals surface area (Å²) in [4.78, 5) is 6.59. The number of aromatic nitrogens is 1. The van der Waals surface area contributed by atoms with Gasteiger partial charge in [0.25, 0.3) is 0 Å². The molecule has 16 heavy (non-hydrogen) atoms. The van der Waals surface area contributed by atoms with Crippen LogP contribution in [0.15, 0.2) is 36.5 Å². The molecule has 0 radical (unpaired) electrons. The zero-order chi connectivity index (χ0) is 11.4. The van der Waals surface area contributed by atoms with Crippen molar-refractivity contribution in [3.8, 4) is 0 Å². The van der Waals surface area contributed by atoms with Gasteiger partial charge in [-0.1, -0.05) is 12.1 Å². The van der Waals surface area contributed by atoms with Crippen LogP contribution in [0.2, 0.25) is 0 Å². The first-order valence-corrected chi connectivity index (χ1v) is 5.52. The van der Waals surface area contributed by atoms with E-state index < -0.39 is 0 Å². The lowest BCUT2D eigenvalue weighted by atomic mass is 10.2. The van der Waals surface area contributed by atoms with E-state index in [-0.39, 0.29) is 0 Å². The quantitative estimate of drug-likeness (QED) is 0.844. The number of likely N-dealkylation sites (N-methyl/N-ethyl adjacent to an activating group) is 2. The summed E-state index contributed by atoms with van der Waals surface area (Å²) in [6.45, 7) is 1.98. The van der Waals surface area contributed by atoms with Gasteiger partial charge in [0, 0.05) is 37.4 Å². The third-order valence-electron chi connectivity index (χ3n) is 2.73. The minimum atomic E-state index is 0.983. The molecule has 0 spiro atoms. The summed E-state index contributed by atoms with van der Waals surface area (Å²) < 4.78 is 0. The average Bonchev–Trinajstić information content (AvgIpc) is 2.35. The largest absolute Gasteiger partial charge is 0.373 e. The van der Waals surface area contributed by atoms with Crippen LogP contribution in [-0.4, -0.2) is 32.2 Å². The van der Waals surface area contributed by atoms with Crippen LogP contribution in [0.25, 0.3) is 10.9 Å². The molecule has 1 aromatic heterocycles. The normalized spacial score (nSPS) is 10.6. The van der Waals surface area contributed by atoms with E-state index in [9.17, 15) is 0 Å². The van der Waals surface area contributed by atoms with Crippen molar-refractivity contribution < 1.29 is 0 Å². The lowest BCUT2D eigenvalue weighted by Gasteiger charge is -2.19.